The van der Waals surface area contributed by atoms with Crippen molar-refractivity contribution >= 4 is 0 Å². The van der Waals surface area contributed by atoms with Gasteiger partial charge in [-0.15, -0.1) is 0 Å². The van der Waals surface area contributed by atoms with Crippen molar-refractivity contribution < 1.29 is 0 Å². The van der Waals surface area contributed by atoms with E-state index >= 15 is 0 Å². The lowest BCUT2D eigenvalue weighted by molar-refractivity contribution is 0.329. The third kappa shape index (κ3) is 2.62. The van der Waals surface area contributed by atoms with Crippen molar-refractivity contribution in [3.05, 3.63) is 41.8 Å². The Bertz CT molecular complexity index is 278. The highest BCUT2D eigenvalue weighted by molar-refractivity contribution is 5.21. The highest BCUT2D eigenvalue weighted by atomic mass is 14.3. The highest BCUT2D eigenvalue weighted by Gasteiger charge is 2.27. The van der Waals surface area contributed by atoms with Crippen LogP contribution in [0.2, 0.25) is 0 Å². The summed E-state index contributed by atoms with van der Waals surface area (Å²) in [7, 11) is 0. The fourth-order valence-electron chi connectivity index (χ4n) is 2.77. The van der Waals surface area contributed by atoms with Crippen LogP contribution in [0.4, 0.5) is 0 Å². The van der Waals surface area contributed by atoms with Crippen LogP contribution in [0.25, 0.3) is 0 Å². The summed E-state index contributed by atoms with van der Waals surface area (Å²) >= 11 is 0. The van der Waals surface area contributed by atoms with Crippen molar-refractivity contribution in [1.29, 1.82) is 0 Å². The first kappa shape index (κ1) is 10.7. The van der Waals surface area contributed by atoms with Crippen LogP contribution in [0.1, 0.15) is 38.7 Å². The molecule has 0 aromatic heterocycles. The minimum atomic E-state index is 0.828. The first-order valence-corrected chi connectivity index (χ1v) is 6.17. The van der Waals surface area contributed by atoms with Crippen molar-refractivity contribution in [3.63, 3.8) is 0 Å². The molecule has 81 valence electrons. The lowest BCUT2D eigenvalue weighted by Gasteiger charge is -2.34. The Labute approximate surface area is 93.7 Å². The average Bonchev–Trinajstić information content (AvgIpc) is 2.25. The van der Waals surface area contributed by atoms with Crippen molar-refractivity contribution in [3.8, 4) is 0 Å². The van der Waals surface area contributed by atoms with E-state index in [1.54, 1.807) is 5.92 Å². The van der Waals surface area contributed by atoms with E-state index < -0.39 is 0 Å². The molecule has 0 saturated heterocycles. The zero-order valence-electron chi connectivity index (χ0n) is 9.87. The van der Waals surface area contributed by atoms with Crippen LogP contribution >= 0.6 is 0 Å². The first-order valence-electron chi connectivity index (χ1n) is 6.17. The van der Waals surface area contributed by atoms with Gasteiger partial charge in [0.25, 0.3) is 0 Å². The second kappa shape index (κ2) is 4.83. The Morgan fingerprint density at radius 1 is 1.00 bits per heavy atom. The van der Waals surface area contributed by atoms with Crippen LogP contribution in [0.5, 0.6) is 0 Å². The minimum Gasteiger partial charge on any atom is -0.0622 e. The SMILES string of the molecule is CC1CCCC(C)[C]1Cc1ccccc1. The third-order valence-electron chi connectivity index (χ3n) is 3.79. The van der Waals surface area contributed by atoms with Crippen LogP contribution in [0.3, 0.4) is 0 Å². The molecule has 0 bridgehead atoms. The van der Waals surface area contributed by atoms with Crippen LogP contribution in [0.15, 0.2) is 30.3 Å². The van der Waals surface area contributed by atoms with Crippen LogP contribution < -0.4 is 0 Å². The molecule has 0 N–H and O–H groups in total. The van der Waals surface area contributed by atoms with Crippen LogP contribution in [-0.4, -0.2) is 0 Å². The molecular weight excluding hydrogens is 180 g/mol. The molecule has 0 amide bonds. The van der Waals surface area contributed by atoms with Gasteiger partial charge in [0.05, 0.1) is 0 Å². The van der Waals surface area contributed by atoms with Gasteiger partial charge in [0, 0.05) is 0 Å². The number of hydrogen-bond acceptors (Lipinski definition) is 0. The summed E-state index contributed by atoms with van der Waals surface area (Å²) in [5.41, 5.74) is 1.48. The second-order valence-corrected chi connectivity index (χ2v) is 4.97. The summed E-state index contributed by atoms with van der Waals surface area (Å²) in [4.78, 5) is 0. The maximum absolute atomic E-state index is 2.40. The van der Waals surface area contributed by atoms with Gasteiger partial charge in [-0.25, -0.2) is 0 Å². The van der Waals surface area contributed by atoms with E-state index in [0.717, 1.165) is 11.8 Å². The van der Waals surface area contributed by atoms with Gasteiger partial charge in [-0.3, -0.25) is 0 Å². The minimum absolute atomic E-state index is 0.828. The predicted octanol–water partition coefficient (Wildman–Crippen LogP) is 4.26. The Morgan fingerprint density at radius 2 is 1.60 bits per heavy atom. The topological polar surface area (TPSA) is 0 Å². The zero-order valence-corrected chi connectivity index (χ0v) is 9.87. The first-order chi connectivity index (χ1) is 7.27. The maximum atomic E-state index is 2.40. The van der Waals surface area contributed by atoms with Crippen molar-refractivity contribution in [2.45, 2.75) is 39.5 Å². The van der Waals surface area contributed by atoms with Gasteiger partial charge in [-0.1, -0.05) is 63.4 Å². The van der Waals surface area contributed by atoms with Crippen molar-refractivity contribution in [2.75, 3.05) is 0 Å². The molecule has 1 aromatic carbocycles. The molecule has 0 spiro atoms. The summed E-state index contributed by atoms with van der Waals surface area (Å²) in [6, 6.07) is 10.9. The van der Waals surface area contributed by atoms with E-state index in [4.69, 9.17) is 0 Å². The highest BCUT2D eigenvalue weighted by Crippen LogP contribution is 2.38. The van der Waals surface area contributed by atoms with Crippen LogP contribution in [-0.2, 0) is 6.42 Å². The van der Waals surface area contributed by atoms with Gasteiger partial charge in [0.1, 0.15) is 0 Å². The second-order valence-electron chi connectivity index (χ2n) is 4.97. The van der Waals surface area contributed by atoms with E-state index in [1.165, 1.54) is 31.2 Å². The van der Waals surface area contributed by atoms with Gasteiger partial charge >= 0.3 is 0 Å². The van der Waals surface area contributed by atoms with Gasteiger partial charge in [-0.05, 0) is 29.7 Å². The summed E-state index contributed by atoms with van der Waals surface area (Å²) in [6.07, 6.45) is 5.41. The Morgan fingerprint density at radius 3 is 2.20 bits per heavy atom. The smallest absolute Gasteiger partial charge is 0.0141 e. The molecular formula is C15H21. The molecule has 1 saturated carbocycles. The molecule has 1 fully saturated rings. The van der Waals surface area contributed by atoms with E-state index in [-0.39, 0.29) is 0 Å². The van der Waals surface area contributed by atoms with E-state index in [0.29, 0.717) is 0 Å². The van der Waals surface area contributed by atoms with Gasteiger partial charge in [0.2, 0.25) is 0 Å². The fourth-order valence-corrected chi connectivity index (χ4v) is 2.77. The molecule has 0 heteroatoms. The molecule has 15 heavy (non-hydrogen) atoms. The molecule has 1 aromatic rings. The summed E-state index contributed by atoms with van der Waals surface area (Å²) < 4.78 is 0. The molecule has 2 atom stereocenters. The summed E-state index contributed by atoms with van der Waals surface area (Å²) in [5.74, 6) is 3.43. The van der Waals surface area contributed by atoms with E-state index in [2.05, 4.69) is 44.2 Å². The molecule has 1 aliphatic rings. The quantitative estimate of drug-likeness (QED) is 0.670. The Balaban J connectivity index is 2.03. The lowest BCUT2D eigenvalue weighted by Crippen LogP contribution is -2.24. The monoisotopic (exact) mass is 201 g/mol. The number of benzene rings is 1. The Hall–Kier alpha value is -0.780. The standard InChI is InChI=1S/C15H21/c1-12-7-6-8-13(2)15(12)11-14-9-4-3-5-10-14/h3-5,9-10,12-13H,6-8,11H2,1-2H3. The molecule has 0 nitrogen and oxygen atoms in total. The largest absolute Gasteiger partial charge is 0.0622 e. The molecule has 0 aliphatic heterocycles. The molecule has 2 rings (SSSR count). The lowest BCUT2D eigenvalue weighted by atomic mass is 9.71. The molecule has 1 radical (unpaired) electrons. The van der Waals surface area contributed by atoms with Crippen LogP contribution in [0, 0.1) is 17.8 Å². The van der Waals surface area contributed by atoms with E-state index in [1.807, 2.05) is 0 Å². The number of rotatable bonds is 2. The van der Waals surface area contributed by atoms with E-state index in [9.17, 15) is 0 Å². The number of hydrogen-bond donors (Lipinski definition) is 0. The van der Waals surface area contributed by atoms with Crippen molar-refractivity contribution in [1.82, 2.24) is 0 Å². The summed E-state index contributed by atoms with van der Waals surface area (Å²) in [5, 5.41) is 0. The Kier molecular flexibility index (Phi) is 3.45. The van der Waals surface area contributed by atoms with Gasteiger partial charge < -0.3 is 0 Å². The third-order valence-corrected chi connectivity index (χ3v) is 3.79. The van der Waals surface area contributed by atoms with Gasteiger partial charge in [-0.2, -0.15) is 0 Å². The molecule has 0 heterocycles. The average molecular weight is 201 g/mol. The summed E-state index contributed by atoms with van der Waals surface area (Å²) in [6.45, 7) is 4.79. The maximum Gasteiger partial charge on any atom is -0.0141 e. The normalized spacial score (nSPS) is 27.9. The van der Waals surface area contributed by atoms with Crippen molar-refractivity contribution in [2.24, 2.45) is 11.8 Å². The molecule has 1 aliphatic carbocycles. The predicted molar refractivity (Wildman–Crippen MR) is 65.6 cm³/mol. The molecule has 2 unspecified atom stereocenters. The van der Waals surface area contributed by atoms with Gasteiger partial charge in [0.15, 0.2) is 0 Å². The fraction of sp³-hybridized carbons (Fsp3) is 0.533. The zero-order chi connectivity index (χ0) is 10.7.